The van der Waals surface area contributed by atoms with Crippen LogP contribution in [0.25, 0.3) is 0 Å². The van der Waals surface area contributed by atoms with E-state index < -0.39 is 29.6 Å². The highest BCUT2D eigenvalue weighted by Crippen LogP contribution is 2.42. The van der Waals surface area contributed by atoms with Crippen molar-refractivity contribution < 1.29 is 39.5 Å². The molecule has 1 spiro atoms. The number of aliphatic hydroxyl groups is 2. The summed E-state index contributed by atoms with van der Waals surface area (Å²) in [6.07, 6.45) is 0.491. The fourth-order valence-electron chi connectivity index (χ4n) is 5.87. The number of likely N-dealkylation sites (tertiary alicyclic amines) is 2. The Morgan fingerprint density at radius 2 is 1.95 bits per heavy atom. The van der Waals surface area contributed by atoms with Crippen LogP contribution in [0.4, 0.5) is 0 Å². The molecule has 3 aliphatic rings. The van der Waals surface area contributed by atoms with Gasteiger partial charge in [-0.15, -0.1) is 0 Å². The molecule has 0 saturated carbocycles. The molecule has 1 amide bonds. The summed E-state index contributed by atoms with van der Waals surface area (Å²) in [4.78, 5) is 28.5. The highest BCUT2D eigenvalue weighted by Gasteiger charge is 2.50. The maximum Gasteiger partial charge on any atom is 0.329 e. The van der Waals surface area contributed by atoms with Crippen molar-refractivity contribution in [2.24, 2.45) is 0 Å². The minimum Gasteiger partial charge on any atom is -0.508 e. The van der Waals surface area contributed by atoms with Crippen molar-refractivity contribution in [3.63, 3.8) is 0 Å². The molecular weight excluding hydrogens is 528 g/mol. The molecular formula is C28H33ClN2O8. The first-order valence-electron chi connectivity index (χ1n) is 13.1. The number of phenolic OH excluding ortho intramolecular Hbond substituents is 1. The number of amides is 1. The predicted octanol–water partition coefficient (Wildman–Crippen LogP) is 2.31. The number of aliphatic hydroxyl groups excluding tert-OH is 2. The Labute approximate surface area is 231 Å². The fourth-order valence-corrected chi connectivity index (χ4v) is 6.06. The number of β-amino-alcohol motifs (C(OH)–C–C–N with tert-alkyl or cyclic N) is 2. The van der Waals surface area contributed by atoms with Crippen LogP contribution in [0.1, 0.15) is 42.1 Å². The first-order chi connectivity index (χ1) is 18.5. The average molecular weight is 561 g/mol. The van der Waals surface area contributed by atoms with Gasteiger partial charge in [0.25, 0.3) is 5.91 Å². The van der Waals surface area contributed by atoms with E-state index in [4.69, 9.17) is 21.1 Å². The number of fused-ring (bicyclic) bond motifs is 1. The number of nitrogens with zero attached hydrogens (tertiary/aromatic N) is 2. The van der Waals surface area contributed by atoms with Crippen LogP contribution in [-0.2, 0) is 11.2 Å². The molecule has 0 bridgehead atoms. The third kappa shape index (κ3) is 5.51. The van der Waals surface area contributed by atoms with Gasteiger partial charge in [-0.25, -0.2) is 4.79 Å². The normalized spacial score (nSPS) is 24.8. The highest BCUT2D eigenvalue weighted by atomic mass is 35.5. The molecule has 0 radical (unpaired) electrons. The number of carbonyl (C=O) groups excluding carboxylic acids is 1. The van der Waals surface area contributed by atoms with Crippen molar-refractivity contribution in [2.75, 3.05) is 32.8 Å². The number of phenols is 1. The molecule has 2 aromatic rings. The average Bonchev–Trinajstić information content (AvgIpc) is 3.40. The van der Waals surface area contributed by atoms with Crippen molar-refractivity contribution in [2.45, 2.75) is 56.0 Å². The zero-order valence-corrected chi connectivity index (χ0v) is 22.4. The number of aromatic hydroxyl groups is 1. The van der Waals surface area contributed by atoms with Crippen molar-refractivity contribution >= 4 is 23.5 Å². The van der Waals surface area contributed by atoms with Crippen molar-refractivity contribution in [3.8, 4) is 17.2 Å². The largest absolute Gasteiger partial charge is 0.508 e. The first-order valence-corrected chi connectivity index (χ1v) is 13.4. The molecule has 210 valence electrons. The standard InChI is InChI=1S/C28H33ClN2O8/c1-27(26(36)37)13-20(33)15-31(27)25(35)22-4-3-19(32)11-24(22)38-16-21(34)14-30-8-6-28(7-9-30)12-17-10-18(29)2-5-23(17)39-28/h2-5,10-11,20-21,32-34H,6-9,12-16H2,1H3,(H,36,37)/t20-,21+,27+/m1/s1. The summed E-state index contributed by atoms with van der Waals surface area (Å²) in [5.41, 5.74) is -0.671. The van der Waals surface area contributed by atoms with Gasteiger partial charge in [0.1, 0.15) is 41.1 Å². The predicted molar refractivity (Wildman–Crippen MR) is 141 cm³/mol. The fraction of sp³-hybridized carbons (Fsp3) is 0.500. The molecule has 4 N–H and O–H groups in total. The van der Waals surface area contributed by atoms with E-state index in [-0.39, 0.29) is 42.2 Å². The smallest absolute Gasteiger partial charge is 0.329 e. The molecule has 10 nitrogen and oxygen atoms in total. The van der Waals surface area contributed by atoms with Gasteiger partial charge < -0.3 is 39.7 Å². The Hall–Kier alpha value is -3.05. The van der Waals surface area contributed by atoms with Gasteiger partial charge in [0.05, 0.1) is 11.7 Å². The van der Waals surface area contributed by atoms with Crippen LogP contribution >= 0.6 is 11.6 Å². The van der Waals surface area contributed by atoms with Crippen molar-refractivity contribution in [1.82, 2.24) is 9.80 Å². The zero-order valence-electron chi connectivity index (χ0n) is 21.7. The first kappa shape index (κ1) is 27.5. The SMILES string of the molecule is C[C@@]1(C(=O)O)C[C@@H](O)CN1C(=O)c1ccc(O)cc1OC[C@@H](O)CN1CCC2(CC1)Cc1cc(Cl)ccc1O2. The lowest BCUT2D eigenvalue weighted by atomic mass is 9.87. The highest BCUT2D eigenvalue weighted by molar-refractivity contribution is 6.30. The van der Waals surface area contributed by atoms with E-state index >= 15 is 0 Å². The third-order valence-electron chi connectivity index (χ3n) is 8.05. The molecule has 0 unspecified atom stereocenters. The molecule has 2 fully saturated rings. The van der Waals surface area contributed by atoms with Gasteiger partial charge in [0.2, 0.25) is 0 Å². The van der Waals surface area contributed by atoms with E-state index in [9.17, 15) is 30.0 Å². The summed E-state index contributed by atoms with van der Waals surface area (Å²) < 4.78 is 12.1. The lowest BCUT2D eigenvalue weighted by Crippen LogP contribution is -2.50. The van der Waals surface area contributed by atoms with Crippen LogP contribution in [0.2, 0.25) is 5.02 Å². The Balaban J connectivity index is 1.18. The summed E-state index contributed by atoms with van der Waals surface area (Å²) in [5, 5.41) is 41.2. The van der Waals surface area contributed by atoms with E-state index in [1.807, 2.05) is 18.2 Å². The molecule has 3 aliphatic heterocycles. The van der Waals surface area contributed by atoms with Crippen LogP contribution in [0.5, 0.6) is 17.2 Å². The zero-order chi connectivity index (χ0) is 27.9. The van der Waals surface area contributed by atoms with Gasteiger partial charge in [0, 0.05) is 63.0 Å². The van der Waals surface area contributed by atoms with Gasteiger partial charge in [-0.1, -0.05) is 11.6 Å². The number of carboxylic acids is 1. The minimum atomic E-state index is -1.58. The van der Waals surface area contributed by atoms with Crippen LogP contribution in [0.3, 0.4) is 0 Å². The lowest BCUT2D eigenvalue weighted by molar-refractivity contribution is -0.147. The number of ether oxygens (including phenoxy) is 2. The molecule has 0 aliphatic carbocycles. The molecule has 2 saturated heterocycles. The van der Waals surface area contributed by atoms with Crippen molar-refractivity contribution in [3.05, 3.63) is 52.5 Å². The van der Waals surface area contributed by atoms with Gasteiger partial charge in [-0.05, 0) is 42.8 Å². The third-order valence-corrected chi connectivity index (χ3v) is 8.29. The van der Waals surface area contributed by atoms with E-state index in [1.54, 1.807) is 0 Å². The summed E-state index contributed by atoms with van der Waals surface area (Å²) in [6, 6.07) is 9.61. The Bertz CT molecular complexity index is 1260. The number of carbonyl (C=O) groups is 2. The number of piperidine rings is 1. The summed E-state index contributed by atoms with van der Waals surface area (Å²) in [7, 11) is 0. The second-order valence-corrected chi connectivity index (χ2v) is 11.4. The molecule has 3 atom stereocenters. The monoisotopic (exact) mass is 560 g/mol. The van der Waals surface area contributed by atoms with E-state index in [1.165, 1.54) is 25.1 Å². The summed E-state index contributed by atoms with van der Waals surface area (Å²) in [5.74, 6) is -1.09. The number of hydrogen-bond acceptors (Lipinski definition) is 8. The quantitative estimate of drug-likeness (QED) is 0.401. The van der Waals surface area contributed by atoms with Crippen molar-refractivity contribution in [1.29, 1.82) is 0 Å². The van der Waals surface area contributed by atoms with Crippen LogP contribution in [0, 0.1) is 0 Å². The summed E-state index contributed by atoms with van der Waals surface area (Å²) >= 11 is 6.13. The van der Waals surface area contributed by atoms with E-state index in [2.05, 4.69) is 4.90 Å². The Kier molecular flexibility index (Phi) is 7.41. The molecule has 11 heteroatoms. The van der Waals surface area contributed by atoms with Gasteiger partial charge in [-0.2, -0.15) is 0 Å². The lowest BCUT2D eigenvalue weighted by Gasteiger charge is -2.39. The molecule has 39 heavy (non-hydrogen) atoms. The van der Waals surface area contributed by atoms with E-state index in [0.29, 0.717) is 11.6 Å². The van der Waals surface area contributed by atoms with E-state index in [0.717, 1.165) is 48.6 Å². The number of benzene rings is 2. The molecule has 2 aromatic carbocycles. The molecule has 5 rings (SSSR count). The molecule has 0 aromatic heterocycles. The number of rotatable bonds is 7. The van der Waals surface area contributed by atoms with Gasteiger partial charge in [-0.3, -0.25) is 4.79 Å². The summed E-state index contributed by atoms with van der Waals surface area (Å²) in [6.45, 7) is 2.95. The van der Waals surface area contributed by atoms with Gasteiger partial charge >= 0.3 is 5.97 Å². The van der Waals surface area contributed by atoms with Crippen LogP contribution in [-0.4, -0.2) is 98.2 Å². The number of halogens is 1. The van der Waals surface area contributed by atoms with Crippen LogP contribution in [0.15, 0.2) is 36.4 Å². The second kappa shape index (κ2) is 10.5. The number of carboxylic acid groups (broad SMARTS) is 1. The van der Waals surface area contributed by atoms with Gasteiger partial charge in [0.15, 0.2) is 0 Å². The molecule has 3 heterocycles. The topological polar surface area (TPSA) is 140 Å². The maximum absolute atomic E-state index is 13.3. The maximum atomic E-state index is 13.3. The Morgan fingerprint density at radius 1 is 1.21 bits per heavy atom. The minimum absolute atomic E-state index is 0.0292. The number of aliphatic carboxylic acids is 1. The Morgan fingerprint density at radius 3 is 2.67 bits per heavy atom. The van der Waals surface area contributed by atoms with Crippen LogP contribution < -0.4 is 9.47 Å². The second-order valence-electron chi connectivity index (χ2n) is 11.0. The number of hydrogen-bond donors (Lipinski definition) is 4.